The molecule has 110 valence electrons. The standard InChI is InChI=1S/C17H21N3O/c1-12(2)15(10-20-8-7-18-11-20)13-3-5-16-14(9-13)4-6-17(21)19-16/h3,5,7-9,11-12,15H,4,6,10H2,1-2H3,(H,19,21). The van der Waals surface area contributed by atoms with Gasteiger partial charge in [0.1, 0.15) is 0 Å². The molecule has 1 unspecified atom stereocenters. The Morgan fingerprint density at radius 3 is 2.90 bits per heavy atom. The van der Waals surface area contributed by atoms with E-state index >= 15 is 0 Å². The summed E-state index contributed by atoms with van der Waals surface area (Å²) in [6.45, 7) is 5.44. The summed E-state index contributed by atoms with van der Waals surface area (Å²) in [4.78, 5) is 15.6. The van der Waals surface area contributed by atoms with Crippen molar-refractivity contribution in [2.75, 3.05) is 5.32 Å². The smallest absolute Gasteiger partial charge is 0.224 e. The minimum absolute atomic E-state index is 0.120. The highest BCUT2D eigenvalue weighted by Crippen LogP contribution is 2.31. The molecule has 1 N–H and O–H groups in total. The van der Waals surface area contributed by atoms with Crippen molar-refractivity contribution in [2.45, 2.75) is 39.2 Å². The van der Waals surface area contributed by atoms with Crippen LogP contribution in [0.3, 0.4) is 0 Å². The quantitative estimate of drug-likeness (QED) is 0.936. The molecular formula is C17H21N3O. The van der Waals surface area contributed by atoms with E-state index in [9.17, 15) is 4.79 Å². The molecular weight excluding hydrogens is 262 g/mol. The second-order valence-corrected chi connectivity index (χ2v) is 6.07. The van der Waals surface area contributed by atoms with Crippen LogP contribution >= 0.6 is 0 Å². The number of rotatable bonds is 4. The van der Waals surface area contributed by atoms with Gasteiger partial charge in [0, 0.05) is 37.0 Å². The van der Waals surface area contributed by atoms with Gasteiger partial charge < -0.3 is 9.88 Å². The van der Waals surface area contributed by atoms with E-state index in [1.807, 2.05) is 24.8 Å². The van der Waals surface area contributed by atoms with Gasteiger partial charge in [-0.25, -0.2) is 4.98 Å². The summed E-state index contributed by atoms with van der Waals surface area (Å²) in [5, 5.41) is 2.95. The second-order valence-electron chi connectivity index (χ2n) is 6.07. The summed E-state index contributed by atoms with van der Waals surface area (Å²) >= 11 is 0. The molecule has 4 nitrogen and oxygen atoms in total. The van der Waals surface area contributed by atoms with E-state index in [4.69, 9.17) is 0 Å². The van der Waals surface area contributed by atoms with Gasteiger partial charge in [0.15, 0.2) is 0 Å². The number of fused-ring (bicyclic) bond motifs is 1. The summed E-state index contributed by atoms with van der Waals surface area (Å²) in [5.74, 6) is 1.11. The molecule has 0 aliphatic carbocycles. The van der Waals surface area contributed by atoms with E-state index in [1.54, 1.807) is 0 Å². The Kier molecular flexibility index (Phi) is 3.78. The molecule has 1 aromatic carbocycles. The third kappa shape index (κ3) is 2.99. The number of imidazole rings is 1. The Labute approximate surface area is 125 Å². The molecule has 2 heterocycles. The first-order chi connectivity index (χ1) is 10.1. The van der Waals surface area contributed by atoms with Gasteiger partial charge in [0.2, 0.25) is 5.91 Å². The fourth-order valence-corrected chi connectivity index (χ4v) is 2.96. The zero-order valence-corrected chi connectivity index (χ0v) is 12.5. The number of carbonyl (C=O) groups is 1. The highest BCUT2D eigenvalue weighted by molar-refractivity contribution is 5.93. The number of carbonyl (C=O) groups excluding carboxylic acids is 1. The molecule has 3 rings (SSSR count). The van der Waals surface area contributed by atoms with Crippen LogP contribution in [0, 0.1) is 5.92 Å². The molecule has 1 aliphatic rings. The van der Waals surface area contributed by atoms with Crippen molar-refractivity contribution in [3.05, 3.63) is 48.0 Å². The molecule has 0 spiro atoms. The van der Waals surface area contributed by atoms with Crippen LogP contribution in [0.1, 0.15) is 37.3 Å². The molecule has 0 radical (unpaired) electrons. The Balaban J connectivity index is 1.87. The van der Waals surface area contributed by atoms with E-state index in [2.05, 4.69) is 40.8 Å². The highest BCUT2D eigenvalue weighted by atomic mass is 16.1. The number of benzene rings is 1. The minimum Gasteiger partial charge on any atom is -0.337 e. The molecule has 1 amide bonds. The fraction of sp³-hybridized carbons (Fsp3) is 0.412. The van der Waals surface area contributed by atoms with Crippen molar-refractivity contribution in [2.24, 2.45) is 5.92 Å². The first-order valence-corrected chi connectivity index (χ1v) is 7.52. The Bertz CT molecular complexity index is 631. The molecule has 0 bridgehead atoms. The van der Waals surface area contributed by atoms with Crippen molar-refractivity contribution in [1.29, 1.82) is 0 Å². The number of hydrogen-bond acceptors (Lipinski definition) is 2. The van der Waals surface area contributed by atoms with Gasteiger partial charge in [0.05, 0.1) is 6.33 Å². The van der Waals surface area contributed by atoms with Crippen molar-refractivity contribution >= 4 is 11.6 Å². The number of aryl methyl sites for hydroxylation is 1. The lowest BCUT2D eigenvalue weighted by molar-refractivity contribution is -0.116. The van der Waals surface area contributed by atoms with E-state index < -0.39 is 0 Å². The summed E-state index contributed by atoms with van der Waals surface area (Å²) < 4.78 is 2.13. The first-order valence-electron chi connectivity index (χ1n) is 7.52. The van der Waals surface area contributed by atoms with E-state index in [0.717, 1.165) is 18.7 Å². The van der Waals surface area contributed by atoms with Gasteiger partial charge in [-0.2, -0.15) is 0 Å². The van der Waals surface area contributed by atoms with Crippen molar-refractivity contribution < 1.29 is 4.79 Å². The topological polar surface area (TPSA) is 46.9 Å². The summed E-state index contributed by atoms with van der Waals surface area (Å²) in [6.07, 6.45) is 7.12. The lowest BCUT2D eigenvalue weighted by Gasteiger charge is -2.24. The van der Waals surface area contributed by atoms with Gasteiger partial charge in [-0.1, -0.05) is 26.0 Å². The summed E-state index contributed by atoms with van der Waals surface area (Å²) in [7, 11) is 0. The number of anilines is 1. The van der Waals surface area contributed by atoms with Gasteiger partial charge in [-0.05, 0) is 29.5 Å². The molecule has 0 saturated carbocycles. The third-order valence-corrected chi connectivity index (χ3v) is 4.22. The van der Waals surface area contributed by atoms with Crippen molar-refractivity contribution in [1.82, 2.24) is 9.55 Å². The molecule has 1 aliphatic heterocycles. The molecule has 4 heteroatoms. The predicted octanol–water partition coefficient (Wildman–Crippen LogP) is 3.21. The van der Waals surface area contributed by atoms with Gasteiger partial charge in [0.25, 0.3) is 0 Å². The zero-order chi connectivity index (χ0) is 14.8. The maximum Gasteiger partial charge on any atom is 0.224 e. The molecule has 0 saturated heterocycles. The van der Waals surface area contributed by atoms with Crippen LogP contribution < -0.4 is 5.32 Å². The van der Waals surface area contributed by atoms with Gasteiger partial charge >= 0.3 is 0 Å². The first kappa shape index (κ1) is 13.9. The van der Waals surface area contributed by atoms with Crippen LogP contribution in [0.15, 0.2) is 36.9 Å². The Hall–Kier alpha value is -2.10. The average molecular weight is 283 g/mol. The zero-order valence-electron chi connectivity index (χ0n) is 12.5. The second kappa shape index (κ2) is 5.72. The molecule has 1 aromatic heterocycles. The minimum atomic E-state index is 0.120. The van der Waals surface area contributed by atoms with E-state index in [1.165, 1.54) is 11.1 Å². The van der Waals surface area contributed by atoms with Gasteiger partial charge in [-0.3, -0.25) is 4.79 Å². The molecule has 1 atom stereocenters. The number of nitrogens with one attached hydrogen (secondary N) is 1. The van der Waals surface area contributed by atoms with E-state index in [0.29, 0.717) is 18.3 Å². The maximum atomic E-state index is 11.4. The lowest BCUT2D eigenvalue weighted by Crippen LogP contribution is -2.20. The van der Waals surface area contributed by atoms with Crippen LogP contribution in [0.25, 0.3) is 0 Å². The predicted molar refractivity (Wildman–Crippen MR) is 83.2 cm³/mol. The van der Waals surface area contributed by atoms with Crippen LogP contribution in [-0.2, 0) is 17.8 Å². The van der Waals surface area contributed by atoms with Gasteiger partial charge in [-0.15, -0.1) is 0 Å². The summed E-state index contributed by atoms with van der Waals surface area (Å²) in [5.41, 5.74) is 3.57. The van der Waals surface area contributed by atoms with Crippen LogP contribution in [0.2, 0.25) is 0 Å². The molecule has 0 fully saturated rings. The van der Waals surface area contributed by atoms with Crippen LogP contribution in [0.5, 0.6) is 0 Å². The number of amides is 1. The molecule has 2 aromatic rings. The van der Waals surface area contributed by atoms with Crippen molar-refractivity contribution in [3.8, 4) is 0 Å². The average Bonchev–Trinajstić information content (AvgIpc) is 2.97. The summed E-state index contributed by atoms with van der Waals surface area (Å²) in [6, 6.07) is 6.45. The largest absolute Gasteiger partial charge is 0.337 e. The third-order valence-electron chi connectivity index (χ3n) is 4.22. The maximum absolute atomic E-state index is 11.4. The lowest BCUT2D eigenvalue weighted by atomic mass is 9.86. The highest BCUT2D eigenvalue weighted by Gasteiger charge is 2.20. The Morgan fingerprint density at radius 2 is 2.19 bits per heavy atom. The Morgan fingerprint density at radius 1 is 1.33 bits per heavy atom. The fourth-order valence-electron chi connectivity index (χ4n) is 2.96. The van der Waals surface area contributed by atoms with Crippen molar-refractivity contribution in [3.63, 3.8) is 0 Å². The number of aromatic nitrogens is 2. The SMILES string of the molecule is CC(C)C(Cn1ccnc1)c1ccc2c(c1)CCC(=O)N2. The number of hydrogen-bond donors (Lipinski definition) is 1. The molecule has 21 heavy (non-hydrogen) atoms. The normalized spacial score (nSPS) is 15.7. The van der Waals surface area contributed by atoms with Crippen LogP contribution in [0.4, 0.5) is 5.69 Å². The van der Waals surface area contributed by atoms with E-state index in [-0.39, 0.29) is 5.91 Å². The monoisotopic (exact) mass is 283 g/mol. The van der Waals surface area contributed by atoms with Crippen LogP contribution in [-0.4, -0.2) is 15.5 Å². The number of nitrogens with zero attached hydrogens (tertiary/aromatic N) is 2.